The number of aliphatic hydroxyl groups is 1. The van der Waals surface area contributed by atoms with Crippen molar-refractivity contribution in [3.8, 4) is 0 Å². The molecule has 0 spiro atoms. The minimum absolute atomic E-state index is 0.145. The molecule has 3 heteroatoms. The Balaban J connectivity index is 2.15. The molecule has 0 saturated carbocycles. The van der Waals surface area contributed by atoms with Gasteiger partial charge in [0.25, 0.3) is 0 Å². The number of benzene rings is 1. The average Bonchev–Trinajstić information content (AvgIpc) is 2.58. The third-order valence-electron chi connectivity index (χ3n) is 3.29. The van der Waals surface area contributed by atoms with E-state index in [0.29, 0.717) is 0 Å². The standard InChI is InChI=1S/C13H18ClNO/c1-9-5-11(14)6-10(2)13(9)8-15-4-3-12(16)7-15/h5-6,12,16H,3-4,7-8H2,1-2H3/t12-/m1/s1. The SMILES string of the molecule is Cc1cc(Cl)cc(C)c1CN1CC[C@@H](O)C1. The molecule has 0 amide bonds. The lowest BCUT2D eigenvalue weighted by atomic mass is 10.0. The van der Waals surface area contributed by atoms with Crippen LogP contribution in [0.25, 0.3) is 0 Å². The molecule has 2 nitrogen and oxygen atoms in total. The molecule has 88 valence electrons. The zero-order valence-electron chi connectivity index (χ0n) is 9.83. The summed E-state index contributed by atoms with van der Waals surface area (Å²) in [5.41, 5.74) is 3.83. The number of halogens is 1. The van der Waals surface area contributed by atoms with Gasteiger partial charge in [-0.2, -0.15) is 0 Å². The number of nitrogens with zero attached hydrogens (tertiary/aromatic N) is 1. The number of aliphatic hydroxyl groups excluding tert-OH is 1. The van der Waals surface area contributed by atoms with Crippen molar-refractivity contribution in [1.29, 1.82) is 0 Å². The number of hydrogen-bond acceptors (Lipinski definition) is 2. The van der Waals surface area contributed by atoms with Gasteiger partial charge in [-0.1, -0.05) is 11.6 Å². The van der Waals surface area contributed by atoms with Crippen LogP contribution in [0, 0.1) is 13.8 Å². The van der Waals surface area contributed by atoms with Crippen molar-refractivity contribution < 1.29 is 5.11 Å². The van der Waals surface area contributed by atoms with Crippen LogP contribution in [0.1, 0.15) is 23.1 Å². The molecule has 1 aliphatic heterocycles. The van der Waals surface area contributed by atoms with Crippen molar-refractivity contribution in [2.45, 2.75) is 32.9 Å². The predicted octanol–water partition coefficient (Wildman–Crippen LogP) is 2.52. The van der Waals surface area contributed by atoms with Crippen molar-refractivity contribution in [2.24, 2.45) is 0 Å². The molecule has 0 aliphatic carbocycles. The first-order valence-corrected chi connectivity index (χ1v) is 6.10. The normalized spacial score (nSPS) is 21.6. The molecule has 1 heterocycles. The van der Waals surface area contributed by atoms with Crippen LogP contribution in [-0.2, 0) is 6.54 Å². The summed E-state index contributed by atoms with van der Waals surface area (Å²) in [7, 11) is 0. The highest BCUT2D eigenvalue weighted by molar-refractivity contribution is 6.30. The third kappa shape index (κ3) is 2.57. The summed E-state index contributed by atoms with van der Waals surface area (Å²) in [5, 5.41) is 10.3. The smallest absolute Gasteiger partial charge is 0.0679 e. The van der Waals surface area contributed by atoms with Gasteiger partial charge in [0, 0.05) is 24.7 Å². The molecule has 1 saturated heterocycles. The van der Waals surface area contributed by atoms with Gasteiger partial charge in [-0.3, -0.25) is 4.90 Å². The molecule has 0 bridgehead atoms. The van der Waals surface area contributed by atoms with Gasteiger partial charge in [0.1, 0.15) is 0 Å². The molecule has 0 radical (unpaired) electrons. The number of likely N-dealkylation sites (tertiary alicyclic amines) is 1. The summed E-state index contributed by atoms with van der Waals surface area (Å²) in [6.07, 6.45) is 0.749. The largest absolute Gasteiger partial charge is 0.392 e. The summed E-state index contributed by atoms with van der Waals surface area (Å²) >= 11 is 6.01. The van der Waals surface area contributed by atoms with Gasteiger partial charge in [0.2, 0.25) is 0 Å². The highest BCUT2D eigenvalue weighted by Gasteiger charge is 2.21. The highest BCUT2D eigenvalue weighted by atomic mass is 35.5. The van der Waals surface area contributed by atoms with E-state index in [1.807, 2.05) is 12.1 Å². The molecule has 2 rings (SSSR count). The van der Waals surface area contributed by atoms with Crippen LogP contribution < -0.4 is 0 Å². The Hall–Kier alpha value is -0.570. The van der Waals surface area contributed by atoms with E-state index in [9.17, 15) is 5.11 Å². The molecule has 0 unspecified atom stereocenters. The molecule has 0 aromatic heterocycles. The Morgan fingerprint density at radius 1 is 1.38 bits per heavy atom. The maximum Gasteiger partial charge on any atom is 0.0679 e. The van der Waals surface area contributed by atoms with Crippen LogP contribution in [0.4, 0.5) is 0 Å². The molecule has 1 aromatic rings. The summed E-state index contributed by atoms with van der Waals surface area (Å²) in [4.78, 5) is 2.30. The van der Waals surface area contributed by atoms with Gasteiger partial charge in [-0.15, -0.1) is 0 Å². The first-order valence-electron chi connectivity index (χ1n) is 5.72. The van der Waals surface area contributed by atoms with E-state index in [1.54, 1.807) is 0 Å². The Bertz CT molecular complexity index is 369. The average molecular weight is 240 g/mol. The first-order chi connectivity index (χ1) is 7.56. The number of rotatable bonds is 2. The predicted molar refractivity (Wildman–Crippen MR) is 66.8 cm³/mol. The summed E-state index contributed by atoms with van der Waals surface area (Å²) in [5.74, 6) is 0. The quantitative estimate of drug-likeness (QED) is 0.858. The zero-order valence-corrected chi connectivity index (χ0v) is 10.6. The van der Waals surface area contributed by atoms with Crippen LogP contribution in [0.3, 0.4) is 0 Å². The molecule has 1 atom stereocenters. The van der Waals surface area contributed by atoms with E-state index in [1.165, 1.54) is 16.7 Å². The highest BCUT2D eigenvalue weighted by Crippen LogP contribution is 2.23. The van der Waals surface area contributed by atoms with E-state index in [4.69, 9.17) is 11.6 Å². The molecular weight excluding hydrogens is 222 g/mol. The van der Waals surface area contributed by atoms with Crippen LogP contribution in [0.15, 0.2) is 12.1 Å². The van der Waals surface area contributed by atoms with E-state index in [-0.39, 0.29) is 6.10 Å². The minimum Gasteiger partial charge on any atom is -0.392 e. The Kier molecular flexibility index (Phi) is 3.53. The van der Waals surface area contributed by atoms with Crippen molar-refractivity contribution in [3.05, 3.63) is 33.8 Å². The fraction of sp³-hybridized carbons (Fsp3) is 0.538. The second-order valence-electron chi connectivity index (χ2n) is 4.70. The molecule has 1 aromatic carbocycles. The molecule has 1 N–H and O–H groups in total. The van der Waals surface area contributed by atoms with E-state index >= 15 is 0 Å². The molecule has 16 heavy (non-hydrogen) atoms. The summed E-state index contributed by atoms with van der Waals surface area (Å²) in [6, 6.07) is 4.02. The van der Waals surface area contributed by atoms with Crippen molar-refractivity contribution >= 4 is 11.6 Å². The van der Waals surface area contributed by atoms with Crippen molar-refractivity contribution in [1.82, 2.24) is 4.90 Å². The van der Waals surface area contributed by atoms with Gasteiger partial charge in [-0.25, -0.2) is 0 Å². The molecule has 1 aliphatic rings. The van der Waals surface area contributed by atoms with Crippen LogP contribution in [0.5, 0.6) is 0 Å². The van der Waals surface area contributed by atoms with Crippen LogP contribution in [-0.4, -0.2) is 29.2 Å². The summed E-state index contributed by atoms with van der Waals surface area (Å²) < 4.78 is 0. The Morgan fingerprint density at radius 2 is 2.00 bits per heavy atom. The lowest BCUT2D eigenvalue weighted by molar-refractivity contribution is 0.174. The third-order valence-corrected chi connectivity index (χ3v) is 3.51. The van der Waals surface area contributed by atoms with Crippen molar-refractivity contribution in [3.63, 3.8) is 0 Å². The van der Waals surface area contributed by atoms with E-state index in [0.717, 1.165) is 31.1 Å². The van der Waals surface area contributed by atoms with Gasteiger partial charge in [0.15, 0.2) is 0 Å². The monoisotopic (exact) mass is 239 g/mol. The Labute approximate surface area is 102 Å². The molecular formula is C13H18ClNO. The Morgan fingerprint density at radius 3 is 2.50 bits per heavy atom. The van der Waals surface area contributed by atoms with Gasteiger partial charge < -0.3 is 5.11 Å². The number of aryl methyl sites for hydroxylation is 2. The van der Waals surface area contributed by atoms with Crippen LogP contribution >= 0.6 is 11.6 Å². The van der Waals surface area contributed by atoms with Gasteiger partial charge in [-0.05, 0) is 49.1 Å². The fourth-order valence-corrected chi connectivity index (χ4v) is 2.70. The topological polar surface area (TPSA) is 23.5 Å². The van der Waals surface area contributed by atoms with Gasteiger partial charge in [0.05, 0.1) is 6.10 Å². The number of hydrogen-bond donors (Lipinski definition) is 1. The summed E-state index contributed by atoms with van der Waals surface area (Å²) in [6.45, 7) is 6.90. The second kappa shape index (κ2) is 4.74. The first kappa shape index (κ1) is 11.9. The zero-order chi connectivity index (χ0) is 11.7. The van der Waals surface area contributed by atoms with Gasteiger partial charge >= 0.3 is 0 Å². The van der Waals surface area contributed by atoms with Crippen LogP contribution in [0.2, 0.25) is 5.02 Å². The number of β-amino-alcohol motifs (C(OH)–C–C–N with tert-alkyl or cyclic N) is 1. The molecule has 1 fully saturated rings. The second-order valence-corrected chi connectivity index (χ2v) is 5.13. The van der Waals surface area contributed by atoms with E-state index < -0.39 is 0 Å². The fourth-order valence-electron chi connectivity index (χ4n) is 2.37. The van der Waals surface area contributed by atoms with E-state index in [2.05, 4.69) is 18.7 Å². The lowest BCUT2D eigenvalue weighted by Gasteiger charge is -2.18. The maximum atomic E-state index is 9.50. The van der Waals surface area contributed by atoms with Crippen molar-refractivity contribution in [2.75, 3.05) is 13.1 Å². The lowest BCUT2D eigenvalue weighted by Crippen LogP contribution is -2.22. The minimum atomic E-state index is -0.145. The maximum absolute atomic E-state index is 9.50.